The standard InChI is InChI=1S/C13H20BrNS/c14-12-8-13(16-10-12)9-15-7-6-11-4-2-1-3-5-11/h8,10-11,15H,1-7,9H2. The molecule has 0 aromatic carbocycles. The van der Waals surface area contributed by atoms with Crippen LogP contribution < -0.4 is 5.32 Å². The van der Waals surface area contributed by atoms with E-state index in [1.165, 1.54) is 54.4 Å². The molecule has 2 rings (SSSR count). The molecule has 90 valence electrons. The molecule has 0 bridgehead atoms. The van der Waals surface area contributed by atoms with Crippen LogP contribution in [0.1, 0.15) is 43.4 Å². The van der Waals surface area contributed by atoms with Gasteiger partial charge in [0, 0.05) is 21.3 Å². The molecule has 1 aromatic heterocycles. The molecule has 1 N–H and O–H groups in total. The van der Waals surface area contributed by atoms with Gasteiger partial charge in [-0.15, -0.1) is 11.3 Å². The van der Waals surface area contributed by atoms with Crippen molar-refractivity contribution in [2.75, 3.05) is 6.54 Å². The molecule has 1 heterocycles. The topological polar surface area (TPSA) is 12.0 Å². The normalized spacial score (nSPS) is 17.8. The molecule has 1 fully saturated rings. The minimum atomic E-state index is 0.997. The van der Waals surface area contributed by atoms with Gasteiger partial charge in [0.25, 0.3) is 0 Å². The molecular formula is C13H20BrNS. The summed E-state index contributed by atoms with van der Waals surface area (Å²) in [6, 6.07) is 2.21. The molecule has 0 aliphatic heterocycles. The molecule has 3 heteroatoms. The summed E-state index contributed by atoms with van der Waals surface area (Å²) in [5, 5.41) is 5.70. The van der Waals surface area contributed by atoms with Gasteiger partial charge in [0.05, 0.1) is 0 Å². The summed E-state index contributed by atoms with van der Waals surface area (Å²) in [6.45, 7) is 2.21. The summed E-state index contributed by atoms with van der Waals surface area (Å²) in [4.78, 5) is 1.43. The van der Waals surface area contributed by atoms with Gasteiger partial charge < -0.3 is 5.32 Å². The first-order chi connectivity index (χ1) is 7.84. The highest BCUT2D eigenvalue weighted by Crippen LogP contribution is 2.25. The molecule has 0 unspecified atom stereocenters. The van der Waals surface area contributed by atoms with Crippen LogP contribution in [-0.2, 0) is 6.54 Å². The minimum absolute atomic E-state index is 0.997. The summed E-state index contributed by atoms with van der Waals surface area (Å²) in [7, 11) is 0. The fourth-order valence-corrected chi connectivity index (χ4v) is 3.86. The van der Waals surface area contributed by atoms with Crippen LogP contribution >= 0.6 is 27.3 Å². The van der Waals surface area contributed by atoms with Crippen LogP contribution in [0.5, 0.6) is 0 Å². The fraction of sp³-hybridized carbons (Fsp3) is 0.692. The molecule has 0 saturated heterocycles. The maximum Gasteiger partial charge on any atom is 0.0300 e. The van der Waals surface area contributed by atoms with Gasteiger partial charge in [0.1, 0.15) is 0 Å². The van der Waals surface area contributed by atoms with E-state index in [4.69, 9.17) is 0 Å². The van der Waals surface area contributed by atoms with Gasteiger partial charge in [-0.05, 0) is 40.9 Å². The summed E-state index contributed by atoms with van der Waals surface area (Å²) in [5.74, 6) is 0.997. The maximum absolute atomic E-state index is 3.55. The Morgan fingerprint density at radius 1 is 1.31 bits per heavy atom. The van der Waals surface area contributed by atoms with Gasteiger partial charge in [-0.3, -0.25) is 0 Å². The molecule has 1 aromatic rings. The molecule has 1 saturated carbocycles. The van der Waals surface area contributed by atoms with Crippen molar-refractivity contribution in [1.82, 2.24) is 5.32 Å². The van der Waals surface area contributed by atoms with Crippen LogP contribution in [0.4, 0.5) is 0 Å². The first-order valence-electron chi connectivity index (χ1n) is 6.28. The minimum Gasteiger partial charge on any atom is -0.312 e. The maximum atomic E-state index is 3.55. The molecule has 0 amide bonds. The van der Waals surface area contributed by atoms with Crippen molar-refractivity contribution in [3.63, 3.8) is 0 Å². The zero-order chi connectivity index (χ0) is 11.2. The number of thiophene rings is 1. The first kappa shape index (κ1) is 12.6. The van der Waals surface area contributed by atoms with Crippen molar-refractivity contribution in [2.24, 2.45) is 5.92 Å². The number of nitrogens with one attached hydrogen (secondary N) is 1. The summed E-state index contributed by atoms with van der Waals surface area (Å²) in [6.07, 6.45) is 8.68. The SMILES string of the molecule is Brc1csc(CNCCC2CCCCC2)c1. The third kappa shape index (κ3) is 4.19. The molecule has 0 radical (unpaired) electrons. The van der Waals surface area contributed by atoms with Gasteiger partial charge in [-0.25, -0.2) is 0 Å². The largest absolute Gasteiger partial charge is 0.312 e. The highest BCUT2D eigenvalue weighted by molar-refractivity contribution is 9.10. The Labute approximate surface area is 111 Å². The van der Waals surface area contributed by atoms with E-state index in [0.29, 0.717) is 0 Å². The summed E-state index contributed by atoms with van der Waals surface area (Å²) in [5.41, 5.74) is 0. The lowest BCUT2D eigenvalue weighted by Crippen LogP contribution is -2.18. The molecular weight excluding hydrogens is 282 g/mol. The highest BCUT2D eigenvalue weighted by Gasteiger charge is 2.12. The Morgan fingerprint density at radius 3 is 2.81 bits per heavy atom. The smallest absolute Gasteiger partial charge is 0.0300 e. The Hall–Kier alpha value is 0.140. The average Bonchev–Trinajstić information content (AvgIpc) is 2.72. The molecule has 1 aliphatic carbocycles. The van der Waals surface area contributed by atoms with E-state index < -0.39 is 0 Å². The van der Waals surface area contributed by atoms with Gasteiger partial charge >= 0.3 is 0 Å². The molecule has 1 aliphatic rings. The number of hydrogen-bond acceptors (Lipinski definition) is 2. The van der Waals surface area contributed by atoms with E-state index in [1.807, 2.05) is 11.3 Å². The van der Waals surface area contributed by atoms with Crippen molar-refractivity contribution in [1.29, 1.82) is 0 Å². The number of halogens is 1. The molecule has 0 spiro atoms. The Bertz CT molecular complexity index is 305. The van der Waals surface area contributed by atoms with Crippen molar-refractivity contribution in [3.8, 4) is 0 Å². The van der Waals surface area contributed by atoms with Crippen molar-refractivity contribution in [3.05, 3.63) is 20.8 Å². The first-order valence-corrected chi connectivity index (χ1v) is 7.95. The van der Waals surface area contributed by atoms with Gasteiger partial charge in [0.15, 0.2) is 0 Å². The van der Waals surface area contributed by atoms with E-state index >= 15 is 0 Å². The third-order valence-electron chi connectivity index (χ3n) is 3.38. The summed E-state index contributed by atoms with van der Waals surface area (Å²) < 4.78 is 1.21. The third-order valence-corrected chi connectivity index (χ3v) is 5.07. The van der Waals surface area contributed by atoms with E-state index in [-0.39, 0.29) is 0 Å². The average molecular weight is 302 g/mol. The van der Waals surface area contributed by atoms with Gasteiger partial charge in [-0.1, -0.05) is 32.1 Å². The number of hydrogen-bond donors (Lipinski definition) is 1. The fourth-order valence-electron chi connectivity index (χ4n) is 2.44. The predicted octanol–water partition coefficient (Wildman–Crippen LogP) is 4.57. The zero-order valence-corrected chi connectivity index (χ0v) is 12.1. The van der Waals surface area contributed by atoms with Crippen LogP contribution in [0.25, 0.3) is 0 Å². The quantitative estimate of drug-likeness (QED) is 0.786. The Balaban J connectivity index is 1.57. The second kappa shape index (κ2) is 6.77. The Kier molecular flexibility index (Phi) is 5.33. The number of rotatable bonds is 5. The van der Waals surface area contributed by atoms with Crippen LogP contribution in [0, 0.1) is 5.92 Å². The van der Waals surface area contributed by atoms with E-state index in [2.05, 4.69) is 32.7 Å². The van der Waals surface area contributed by atoms with E-state index in [0.717, 1.165) is 12.5 Å². The van der Waals surface area contributed by atoms with Crippen molar-refractivity contribution in [2.45, 2.75) is 45.1 Å². The zero-order valence-electron chi connectivity index (χ0n) is 9.68. The molecule has 1 nitrogen and oxygen atoms in total. The van der Waals surface area contributed by atoms with Crippen LogP contribution in [0.2, 0.25) is 0 Å². The van der Waals surface area contributed by atoms with Gasteiger partial charge in [-0.2, -0.15) is 0 Å². The van der Waals surface area contributed by atoms with Crippen molar-refractivity contribution < 1.29 is 0 Å². The van der Waals surface area contributed by atoms with Gasteiger partial charge in [0.2, 0.25) is 0 Å². The van der Waals surface area contributed by atoms with Crippen LogP contribution in [0.3, 0.4) is 0 Å². The second-order valence-corrected chi connectivity index (χ2v) is 6.61. The highest BCUT2D eigenvalue weighted by atomic mass is 79.9. The van der Waals surface area contributed by atoms with Crippen molar-refractivity contribution >= 4 is 27.3 Å². The molecule has 0 atom stereocenters. The lowest BCUT2D eigenvalue weighted by atomic mass is 9.87. The van der Waals surface area contributed by atoms with Crippen LogP contribution in [0.15, 0.2) is 15.9 Å². The van der Waals surface area contributed by atoms with E-state index in [9.17, 15) is 0 Å². The lowest BCUT2D eigenvalue weighted by Gasteiger charge is -2.21. The predicted molar refractivity (Wildman–Crippen MR) is 74.9 cm³/mol. The lowest BCUT2D eigenvalue weighted by molar-refractivity contribution is 0.334. The molecule has 16 heavy (non-hydrogen) atoms. The van der Waals surface area contributed by atoms with Crippen LogP contribution in [-0.4, -0.2) is 6.54 Å². The van der Waals surface area contributed by atoms with E-state index in [1.54, 1.807) is 0 Å². The Morgan fingerprint density at radius 2 is 2.12 bits per heavy atom. The monoisotopic (exact) mass is 301 g/mol. The second-order valence-electron chi connectivity index (χ2n) is 4.70. The summed E-state index contributed by atoms with van der Waals surface area (Å²) >= 11 is 5.31.